The van der Waals surface area contributed by atoms with Crippen molar-refractivity contribution in [2.75, 3.05) is 13.7 Å². The second-order valence-electron chi connectivity index (χ2n) is 5.85. The SMILES string of the molecule is COc1cccc2[nH]cc(CCNC(=O)N[C@H](C)c3ccncc3)c12. The van der Waals surface area contributed by atoms with E-state index < -0.39 is 0 Å². The van der Waals surface area contributed by atoms with Gasteiger partial charge in [0.05, 0.1) is 13.2 Å². The van der Waals surface area contributed by atoms with Crippen LogP contribution < -0.4 is 15.4 Å². The zero-order chi connectivity index (χ0) is 17.6. The summed E-state index contributed by atoms with van der Waals surface area (Å²) in [5.74, 6) is 0.838. The molecule has 25 heavy (non-hydrogen) atoms. The lowest BCUT2D eigenvalue weighted by Gasteiger charge is -2.14. The Hall–Kier alpha value is -3.02. The van der Waals surface area contributed by atoms with Gasteiger partial charge in [-0.25, -0.2) is 4.79 Å². The van der Waals surface area contributed by atoms with Crippen LogP contribution in [0.25, 0.3) is 10.9 Å². The van der Waals surface area contributed by atoms with Crippen molar-refractivity contribution < 1.29 is 9.53 Å². The summed E-state index contributed by atoms with van der Waals surface area (Å²) < 4.78 is 5.43. The van der Waals surface area contributed by atoms with Crippen LogP contribution in [0.2, 0.25) is 0 Å². The molecule has 2 amide bonds. The van der Waals surface area contributed by atoms with Gasteiger partial charge in [0.25, 0.3) is 0 Å². The largest absolute Gasteiger partial charge is 0.496 e. The number of pyridine rings is 1. The molecule has 130 valence electrons. The molecule has 0 spiro atoms. The number of H-pyrrole nitrogens is 1. The first-order valence-electron chi connectivity index (χ1n) is 8.26. The number of aromatic amines is 1. The summed E-state index contributed by atoms with van der Waals surface area (Å²) in [5.41, 5.74) is 3.17. The molecule has 0 aliphatic carbocycles. The molecule has 6 heteroatoms. The standard InChI is InChI=1S/C19H22N4O2/c1-13(14-6-9-20-10-7-14)23-19(24)21-11-8-15-12-22-16-4-3-5-17(25-2)18(15)16/h3-7,9-10,12-13,22H,8,11H2,1-2H3,(H2,21,23,24)/t13-/m1/s1. The van der Waals surface area contributed by atoms with Gasteiger partial charge in [0, 0.05) is 36.0 Å². The van der Waals surface area contributed by atoms with Crippen molar-refractivity contribution in [1.29, 1.82) is 0 Å². The number of hydrogen-bond donors (Lipinski definition) is 3. The van der Waals surface area contributed by atoms with Crippen molar-refractivity contribution in [1.82, 2.24) is 20.6 Å². The summed E-state index contributed by atoms with van der Waals surface area (Å²) in [7, 11) is 1.66. The number of nitrogens with one attached hydrogen (secondary N) is 3. The molecule has 0 radical (unpaired) electrons. The smallest absolute Gasteiger partial charge is 0.315 e. The molecule has 6 nitrogen and oxygen atoms in total. The minimum atomic E-state index is -0.184. The number of aromatic nitrogens is 2. The molecule has 3 aromatic rings. The van der Waals surface area contributed by atoms with Gasteiger partial charge < -0.3 is 20.4 Å². The summed E-state index contributed by atoms with van der Waals surface area (Å²) in [4.78, 5) is 19.3. The van der Waals surface area contributed by atoms with Crippen LogP contribution in [-0.4, -0.2) is 29.7 Å². The highest BCUT2D eigenvalue weighted by molar-refractivity contribution is 5.89. The van der Waals surface area contributed by atoms with Crippen LogP contribution in [0.15, 0.2) is 48.9 Å². The molecule has 0 unspecified atom stereocenters. The summed E-state index contributed by atoms with van der Waals surface area (Å²) in [6.07, 6.45) is 6.12. The van der Waals surface area contributed by atoms with Crippen LogP contribution >= 0.6 is 0 Å². The maximum absolute atomic E-state index is 12.1. The zero-order valence-corrected chi connectivity index (χ0v) is 14.4. The van der Waals surface area contributed by atoms with E-state index in [0.717, 1.165) is 34.2 Å². The second kappa shape index (κ2) is 7.70. The van der Waals surface area contributed by atoms with E-state index in [9.17, 15) is 4.79 Å². The molecule has 0 bridgehead atoms. The first-order chi connectivity index (χ1) is 12.2. The number of fused-ring (bicyclic) bond motifs is 1. The number of hydrogen-bond acceptors (Lipinski definition) is 3. The first-order valence-corrected chi connectivity index (χ1v) is 8.26. The molecule has 2 heterocycles. The Morgan fingerprint density at radius 3 is 2.84 bits per heavy atom. The first kappa shape index (κ1) is 16.8. The molecular formula is C19H22N4O2. The third-order valence-corrected chi connectivity index (χ3v) is 4.20. The Morgan fingerprint density at radius 2 is 2.08 bits per heavy atom. The average molecular weight is 338 g/mol. The number of amides is 2. The van der Waals surface area contributed by atoms with Crippen molar-refractivity contribution >= 4 is 16.9 Å². The van der Waals surface area contributed by atoms with Crippen LogP contribution in [0, 0.1) is 0 Å². The van der Waals surface area contributed by atoms with E-state index in [1.165, 1.54) is 0 Å². The fourth-order valence-electron chi connectivity index (χ4n) is 2.88. The zero-order valence-electron chi connectivity index (χ0n) is 14.4. The number of carbonyl (C=O) groups is 1. The summed E-state index contributed by atoms with van der Waals surface area (Å²) >= 11 is 0. The number of nitrogens with zero attached hydrogens (tertiary/aromatic N) is 1. The quantitative estimate of drug-likeness (QED) is 0.646. The Balaban J connectivity index is 1.55. The third kappa shape index (κ3) is 3.91. The van der Waals surface area contributed by atoms with Crippen molar-refractivity contribution in [2.24, 2.45) is 0 Å². The Labute approximate surface area is 146 Å². The lowest BCUT2D eigenvalue weighted by molar-refractivity contribution is 0.238. The molecule has 2 aromatic heterocycles. The van der Waals surface area contributed by atoms with Crippen LogP contribution in [0.5, 0.6) is 5.75 Å². The van der Waals surface area contributed by atoms with Crippen molar-refractivity contribution in [3.05, 3.63) is 60.0 Å². The van der Waals surface area contributed by atoms with Crippen molar-refractivity contribution in [3.63, 3.8) is 0 Å². The van der Waals surface area contributed by atoms with Crippen molar-refractivity contribution in [3.8, 4) is 5.75 Å². The van der Waals surface area contributed by atoms with Crippen LogP contribution in [0.4, 0.5) is 4.79 Å². The highest BCUT2D eigenvalue weighted by Crippen LogP contribution is 2.28. The number of ether oxygens (including phenoxy) is 1. The topological polar surface area (TPSA) is 79.0 Å². The fourth-order valence-corrected chi connectivity index (χ4v) is 2.88. The van der Waals surface area contributed by atoms with E-state index in [0.29, 0.717) is 6.54 Å². The average Bonchev–Trinajstić information content (AvgIpc) is 3.05. The number of benzene rings is 1. The molecule has 3 N–H and O–H groups in total. The Morgan fingerprint density at radius 1 is 1.28 bits per heavy atom. The van der Waals surface area contributed by atoms with Crippen molar-refractivity contribution in [2.45, 2.75) is 19.4 Å². The molecule has 0 saturated heterocycles. The van der Waals surface area contributed by atoms with Crippen LogP contribution in [0.3, 0.4) is 0 Å². The monoisotopic (exact) mass is 338 g/mol. The van der Waals surface area contributed by atoms with Gasteiger partial charge in [-0.3, -0.25) is 4.98 Å². The second-order valence-corrected chi connectivity index (χ2v) is 5.85. The molecule has 0 aliphatic rings. The van der Waals surface area contributed by atoms with Gasteiger partial charge >= 0.3 is 6.03 Å². The maximum Gasteiger partial charge on any atom is 0.315 e. The molecular weight excluding hydrogens is 316 g/mol. The van der Waals surface area contributed by atoms with Crippen LogP contribution in [-0.2, 0) is 6.42 Å². The minimum Gasteiger partial charge on any atom is -0.496 e. The maximum atomic E-state index is 12.1. The van der Waals surface area contributed by atoms with E-state index in [4.69, 9.17) is 4.74 Å². The van der Waals surface area contributed by atoms with E-state index >= 15 is 0 Å². The van der Waals surface area contributed by atoms with Gasteiger partial charge in [-0.1, -0.05) is 6.07 Å². The van der Waals surface area contributed by atoms with E-state index in [2.05, 4.69) is 20.6 Å². The Bertz CT molecular complexity index is 845. The molecule has 1 aromatic carbocycles. The van der Waals surface area contributed by atoms with Gasteiger partial charge in [0.2, 0.25) is 0 Å². The molecule has 0 saturated carbocycles. The van der Waals surface area contributed by atoms with Gasteiger partial charge in [0.1, 0.15) is 5.75 Å². The summed E-state index contributed by atoms with van der Waals surface area (Å²) in [6, 6.07) is 9.43. The number of rotatable bonds is 6. The highest BCUT2D eigenvalue weighted by Gasteiger charge is 2.11. The molecule has 3 rings (SSSR count). The number of methoxy groups -OCH3 is 1. The predicted octanol–water partition coefficient (Wildman–Crippen LogP) is 3.17. The normalized spacial score (nSPS) is 11.9. The summed E-state index contributed by atoms with van der Waals surface area (Å²) in [6.45, 7) is 2.49. The van der Waals surface area contributed by atoms with Gasteiger partial charge in [-0.15, -0.1) is 0 Å². The molecule has 1 atom stereocenters. The van der Waals surface area contributed by atoms with E-state index in [-0.39, 0.29) is 12.1 Å². The number of urea groups is 1. The van der Waals surface area contributed by atoms with Gasteiger partial charge in [-0.2, -0.15) is 0 Å². The lowest BCUT2D eigenvalue weighted by atomic mass is 10.1. The van der Waals surface area contributed by atoms with Gasteiger partial charge in [0.15, 0.2) is 0 Å². The lowest BCUT2D eigenvalue weighted by Crippen LogP contribution is -2.38. The molecule has 0 fully saturated rings. The van der Waals surface area contributed by atoms with Crippen LogP contribution in [0.1, 0.15) is 24.1 Å². The van der Waals surface area contributed by atoms with E-state index in [1.54, 1.807) is 19.5 Å². The molecule has 0 aliphatic heterocycles. The fraction of sp³-hybridized carbons (Fsp3) is 0.263. The third-order valence-electron chi connectivity index (χ3n) is 4.20. The minimum absolute atomic E-state index is 0.0730. The Kier molecular flexibility index (Phi) is 5.18. The van der Waals surface area contributed by atoms with Gasteiger partial charge in [-0.05, 0) is 48.7 Å². The predicted molar refractivity (Wildman–Crippen MR) is 97.7 cm³/mol. The summed E-state index contributed by atoms with van der Waals surface area (Å²) in [5, 5.41) is 6.90. The number of carbonyl (C=O) groups excluding carboxylic acids is 1. The highest BCUT2D eigenvalue weighted by atomic mass is 16.5. The van der Waals surface area contributed by atoms with E-state index in [1.807, 2.05) is 43.5 Å².